The van der Waals surface area contributed by atoms with Gasteiger partial charge in [0.15, 0.2) is 5.82 Å². The van der Waals surface area contributed by atoms with Crippen molar-refractivity contribution in [3.05, 3.63) is 11.7 Å². The number of aliphatic hydroxyl groups excluding tert-OH is 1. The molecule has 0 amide bonds. The first-order valence-electron chi connectivity index (χ1n) is 6.32. The summed E-state index contributed by atoms with van der Waals surface area (Å²) in [6, 6.07) is 0. The van der Waals surface area contributed by atoms with Gasteiger partial charge in [-0.1, -0.05) is 5.16 Å². The second-order valence-electron chi connectivity index (χ2n) is 5.03. The van der Waals surface area contributed by atoms with E-state index < -0.39 is 0 Å². The van der Waals surface area contributed by atoms with Crippen LogP contribution in [-0.4, -0.2) is 47.0 Å². The number of rotatable bonds is 7. The number of ether oxygens (including phenoxy) is 1. The van der Waals surface area contributed by atoms with E-state index in [4.69, 9.17) is 9.26 Å². The van der Waals surface area contributed by atoms with Gasteiger partial charge < -0.3 is 14.4 Å². The quantitative estimate of drug-likeness (QED) is 0.783. The van der Waals surface area contributed by atoms with Crippen LogP contribution < -0.4 is 0 Å². The van der Waals surface area contributed by atoms with Crippen molar-refractivity contribution in [1.82, 2.24) is 15.0 Å². The van der Waals surface area contributed by atoms with E-state index in [0.717, 1.165) is 12.8 Å². The fourth-order valence-electron chi connectivity index (χ4n) is 1.85. The van der Waals surface area contributed by atoms with Gasteiger partial charge in [0, 0.05) is 13.7 Å². The van der Waals surface area contributed by atoms with Crippen molar-refractivity contribution < 1.29 is 14.4 Å². The summed E-state index contributed by atoms with van der Waals surface area (Å²) in [5.74, 6) is 1.60. The molecule has 1 saturated carbocycles. The van der Waals surface area contributed by atoms with E-state index in [1.807, 2.05) is 18.9 Å². The molecule has 0 spiro atoms. The zero-order valence-corrected chi connectivity index (χ0v) is 11.2. The molecule has 0 aliphatic heterocycles. The lowest BCUT2D eigenvalue weighted by atomic mass is 10.2. The highest BCUT2D eigenvalue weighted by atomic mass is 16.5. The fourth-order valence-corrected chi connectivity index (χ4v) is 1.85. The summed E-state index contributed by atoms with van der Waals surface area (Å²) in [5.41, 5.74) is 0. The van der Waals surface area contributed by atoms with Crippen LogP contribution in [0.2, 0.25) is 0 Å². The van der Waals surface area contributed by atoms with Gasteiger partial charge in [-0.3, -0.25) is 4.90 Å². The normalized spacial score (nSPS) is 19.2. The van der Waals surface area contributed by atoms with Gasteiger partial charge >= 0.3 is 0 Å². The molecule has 2 unspecified atom stereocenters. The molecule has 1 aliphatic rings. The van der Waals surface area contributed by atoms with E-state index in [1.54, 1.807) is 7.11 Å². The van der Waals surface area contributed by atoms with Crippen LogP contribution in [0.4, 0.5) is 0 Å². The van der Waals surface area contributed by atoms with E-state index in [0.29, 0.717) is 30.7 Å². The molecule has 18 heavy (non-hydrogen) atoms. The number of aliphatic hydroxyl groups is 1. The van der Waals surface area contributed by atoms with E-state index >= 15 is 0 Å². The van der Waals surface area contributed by atoms with Crippen LogP contribution in [-0.2, 0) is 11.3 Å². The van der Waals surface area contributed by atoms with Gasteiger partial charge in [-0.15, -0.1) is 0 Å². The zero-order chi connectivity index (χ0) is 13.1. The van der Waals surface area contributed by atoms with Gasteiger partial charge in [-0.2, -0.15) is 4.98 Å². The Labute approximate surface area is 107 Å². The van der Waals surface area contributed by atoms with Crippen molar-refractivity contribution in [3.63, 3.8) is 0 Å². The molecule has 102 valence electrons. The third kappa shape index (κ3) is 3.51. The Morgan fingerprint density at radius 3 is 2.89 bits per heavy atom. The Bertz CT molecular complexity index is 378. The summed E-state index contributed by atoms with van der Waals surface area (Å²) in [5, 5.41) is 13.7. The Morgan fingerprint density at radius 1 is 1.56 bits per heavy atom. The molecule has 1 N–H and O–H groups in total. The number of hydrogen-bond acceptors (Lipinski definition) is 6. The summed E-state index contributed by atoms with van der Waals surface area (Å²) in [6.07, 6.45) is 1.89. The van der Waals surface area contributed by atoms with Crippen molar-refractivity contribution in [2.45, 2.75) is 38.5 Å². The van der Waals surface area contributed by atoms with Crippen LogP contribution in [0, 0.1) is 5.92 Å². The monoisotopic (exact) mass is 255 g/mol. The van der Waals surface area contributed by atoms with E-state index in [2.05, 4.69) is 10.1 Å². The summed E-state index contributed by atoms with van der Waals surface area (Å²) >= 11 is 0. The Balaban J connectivity index is 1.82. The van der Waals surface area contributed by atoms with Crippen molar-refractivity contribution in [1.29, 1.82) is 0 Å². The van der Waals surface area contributed by atoms with Crippen LogP contribution in [0.3, 0.4) is 0 Å². The van der Waals surface area contributed by atoms with Gasteiger partial charge in [-0.05, 0) is 32.7 Å². The summed E-state index contributed by atoms with van der Waals surface area (Å²) in [7, 11) is 3.55. The van der Waals surface area contributed by atoms with Gasteiger partial charge in [-0.25, -0.2) is 0 Å². The molecule has 0 aromatic carbocycles. The minimum Gasteiger partial charge on any atom is -0.392 e. The van der Waals surface area contributed by atoms with Crippen molar-refractivity contribution in [2.75, 3.05) is 20.7 Å². The Morgan fingerprint density at radius 2 is 2.28 bits per heavy atom. The second-order valence-corrected chi connectivity index (χ2v) is 5.03. The number of aromatic nitrogens is 2. The molecular formula is C12H21N3O3. The van der Waals surface area contributed by atoms with Gasteiger partial charge in [0.1, 0.15) is 6.10 Å². The molecule has 0 radical (unpaired) electrons. The highest BCUT2D eigenvalue weighted by Crippen LogP contribution is 2.32. The molecule has 2 atom stereocenters. The Hall–Kier alpha value is -0.980. The summed E-state index contributed by atoms with van der Waals surface area (Å²) in [4.78, 5) is 6.26. The summed E-state index contributed by atoms with van der Waals surface area (Å²) in [6.45, 7) is 3.06. The van der Waals surface area contributed by atoms with E-state index in [1.165, 1.54) is 0 Å². The molecule has 1 aliphatic carbocycles. The molecule has 6 heteroatoms. The van der Waals surface area contributed by atoms with Gasteiger partial charge in [0.25, 0.3) is 0 Å². The van der Waals surface area contributed by atoms with Gasteiger partial charge in [0.05, 0.1) is 12.6 Å². The maximum atomic E-state index is 9.84. The number of methoxy groups -OCH3 is 1. The highest BCUT2D eigenvalue weighted by Gasteiger charge is 2.30. The zero-order valence-electron chi connectivity index (χ0n) is 11.2. The highest BCUT2D eigenvalue weighted by molar-refractivity contribution is 4.90. The lowest BCUT2D eigenvalue weighted by Crippen LogP contribution is -2.30. The average Bonchev–Trinajstić information content (AvgIpc) is 3.09. The van der Waals surface area contributed by atoms with Crippen molar-refractivity contribution >= 4 is 0 Å². The largest absolute Gasteiger partial charge is 0.392 e. The predicted molar refractivity (Wildman–Crippen MR) is 64.8 cm³/mol. The smallest absolute Gasteiger partial charge is 0.240 e. The van der Waals surface area contributed by atoms with Crippen LogP contribution in [0.25, 0.3) is 0 Å². The first kappa shape index (κ1) is 13.5. The van der Waals surface area contributed by atoms with Crippen LogP contribution in [0.1, 0.15) is 37.6 Å². The standard InChI is InChI=1S/C12H21N3O3/c1-8(17-3)12-13-11(18-14-12)7-15(2)6-10(16)9-4-5-9/h8-10,16H,4-7H2,1-3H3. The fraction of sp³-hybridized carbons (Fsp3) is 0.833. The first-order chi connectivity index (χ1) is 8.60. The maximum absolute atomic E-state index is 9.84. The predicted octanol–water partition coefficient (Wildman–Crippen LogP) is 0.980. The third-order valence-electron chi connectivity index (χ3n) is 3.27. The van der Waals surface area contributed by atoms with Crippen molar-refractivity contribution in [2.24, 2.45) is 5.92 Å². The molecule has 1 aromatic heterocycles. The molecule has 1 fully saturated rings. The minimum absolute atomic E-state index is 0.162. The third-order valence-corrected chi connectivity index (χ3v) is 3.27. The molecule has 1 heterocycles. The first-order valence-corrected chi connectivity index (χ1v) is 6.32. The Kier molecular flexibility index (Phi) is 4.31. The SMILES string of the molecule is COC(C)c1noc(CN(C)CC(O)C2CC2)n1. The van der Waals surface area contributed by atoms with E-state index in [-0.39, 0.29) is 12.2 Å². The molecule has 0 bridgehead atoms. The van der Waals surface area contributed by atoms with Crippen LogP contribution >= 0.6 is 0 Å². The molecule has 2 rings (SSSR count). The van der Waals surface area contributed by atoms with E-state index in [9.17, 15) is 5.11 Å². The van der Waals surface area contributed by atoms with Crippen LogP contribution in [0.15, 0.2) is 4.52 Å². The number of likely N-dealkylation sites (N-methyl/N-ethyl adjacent to an activating group) is 1. The molecular weight excluding hydrogens is 234 g/mol. The average molecular weight is 255 g/mol. The van der Waals surface area contributed by atoms with Crippen molar-refractivity contribution in [3.8, 4) is 0 Å². The molecule has 1 aromatic rings. The van der Waals surface area contributed by atoms with Crippen LogP contribution in [0.5, 0.6) is 0 Å². The topological polar surface area (TPSA) is 71.6 Å². The minimum atomic E-state index is -0.240. The molecule has 0 saturated heterocycles. The number of hydrogen-bond donors (Lipinski definition) is 1. The molecule has 6 nitrogen and oxygen atoms in total. The summed E-state index contributed by atoms with van der Waals surface area (Å²) < 4.78 is 10.3. The maximum Gasteiger partial charge on any atom is 0.240 e. The lowest BCUT2D eigenvalue weighted by Gasteiger charge is -2.18. The number of nitrogens with zero attached hydrogens (tertiary/aromatic N) is 3. The van der Waals surface area contributed by atoms with Gasteiger partial charge in [0.2, 0.25) is 5.89 Å². The lowest BCUT2D eigenvalue weighted by molar-refractivity contribution is 0.0991. The second kappa shape index (κ2) is 5.77.